The van der Waals surface area contributed by atoms with Crippen LogP contribution in [-0.2, 0) is 9.59 Å². The number of hydrogen-bond acceptors (Lipinski definition) is 5. The number of amides is 2. The first-order chi connectivity index (χ1) is 14.0. The van der Waals surface area contributed by atoms with Crippen molar-refractivity contribution in [1.29, 1.82) is 0 Å². The number of nitrogens with zero attached hydrogens (tertiary/aromatic N) is 1. The molecule has 0 aromatic heterocycles. The predicted octanol–water partition coefficient (Wildman–Crippen LogP) is 3.52. The lowest BCUT2D eigenvalue weighted by molar-refractivity contribution is -0.133. The summed E-state index contributed by atoms with van der Waals surface area (Å²) in [5.41, 5.74) is 2.05. The van der Waals surface area contributed by atoms with E-state index in [0.29, 0.717) is 22.9 Å². The van der Waals surface area contributed by atoms with Gasteiger partial charge >= 0.3 is 11.8 Å². The zero-order chi connectivity index (χ0) is 20.8. The van der Waals surface area contributed by atoms with Crippen molar-refractivity contribution >= 4 is 28.9 Å². The monoisotopic (exact) mass is 397 g/mol. The van der Waals surface area contributed by atoms with Gasteiger partial charge in [-0.2, -0.15) is 0 Å². The van der Waals surface area contributed by atoms with Gasteiger partial charge in [-0.25, -0.2) is 0 Å². The van der Waals surface area contributed by atoms with Crippen LogP contribution in [0.3, 0.4) is 0 Å². The summed E-state index contributed by atoms with van der Waals surface area (Å²) in [4.78, 5) is 26.9. The minimum Gasteiger partial charge on any atom is -0.497 e. The van der Waals surface area contributed by atoms with Gasteiger partial charge in [0.25, 0.3) is 0 Å². The zero-order valence-electron chi connectivity index (χ0n) is 17.0. The second kappa shape index (κ2) is 9.32. The molecule has 1 fully saturated rings. The largest absolute Gasteiger partial charge is 0.497 e. The number of nitrogens with one attached hydrogen (secondary N) is 2. The summed E-state index contributed by atoms with van der Waals surface area (Å²) in [6.45, 7) is 4.36. The molecule has 0 unspecified atom stereocenters. The molecule has 0 aliphatic carbocycles. The fraction of sp³-hybridized carbons (Fsp3) is 0.364. The molecular formula is C22H27N3O4. The van der Waals surface area contributed by atoms with E-state index in [-0.39, 0.29) is 0 Å². The number of methoxy groups -OCH3 is 2. The fourth-order valence-electron chi connectivity index (χ4n) is 3.30. The van der Waals surface area contributed by atoms with Gasteiger partial charge in [0.2, 0.25) is 0 Å². The molecular weight excluding hydrogens is 370 g/mol. The maximum atomic E-state index is 12.3. The van der Waals surface area contributed by atoms with Gasteiger partial charge in [-0.1, -0.05) is 6.92 Å². The average Bonchev–Trinajstić information content (AvgIpc) is 2.74. The van der Waals surface area contributed by atoms with Crippen LogP contribution in [0, 0.1) is 5.92 Å². The molecule has 0 atom stereocenters. The molecule has 2 N–H and O–H groups in total. The van der Waals surface area contributed by atoms with Gasteiger partial charge < -0.3 is 25.0 Å². The second-order valence-corrected chi connectivity index (χ2v) is 7.19. The Kier molecular flexibility index (Phi) is 6.59. The van der Waals surface area contributed by atoms with E-state index in [2.05, 4.69) is 22.5 Å². The summed E-state index contributed by atoms with van der Waals surface area (Å²) in [5.74, 6) is 0.211. The van der Waals surface area contributed by atoms with E-state index in [1.54, 1.807) is 18.2 Å². The highest BCUT2D eigenvalue weighted by atomic mass is 16.5. The maximum Gasteiger partial charge on any atom is 0.314 e. The molecule has 0 spiro atoms. The molecule has 0 radical (unpaired) electrons. The van der Waals surface area contributed by atoms with E-state index in [1.807, 2.05) is 24.3 Å². The Morgan fingerprint density at radius 3 is 2.21 bits per heavy atom. The van der Waals surface area contributed by atoms with Crippen LogP contribution in [0.15, 0.2) is 42.5 Å². The molecule has 7 heteroatoms. The molecule has 154 valence electrons. The molecule has 29 heavy (non-hydrogen) atoms. The van der Waals surface area contributed by atoms with Crippen molar-refractivity contribution in [3.63, 3.8) is 0 Å². The van der Waals surface area contributed by atoms with Crippen LogP contribution in [0.2, 0.25) is 0 Å². The van der Waals surface area contributed by atoms with Crippen LogP contribution in [0.5, 0.6) is 11.5 Å². The molecule has 7 nitrogen and oxygen atoms in total. The lowest BCUT2D eigenvalue weighted by Crippen LogP contribution is -2.32. The average molecular weight is 397 g/mol. The molecule has 1 aliphatic rings. The van der Waals surface area contributed by atoms with E-state index < -0.39 is 11.8 Å². The van der Waals surface area contributed by atoms with E-state index in [0.717, 1.165) is 24.7 Å². The third-order valence-electron chi connectivity index (χ3n) is 5.14. The summed E-state index contributed by atoms with van der Waals surface area (Å²) in [7, 11) is 3.01. The van der Waals surface area contributed by atoms with Crippen LogP contribution < -0.4 is 25.0 Å². The van der Waals surface area contributed by atoms with Crippen molar-refractivity contribution in [2.24, 2.45) is 5.92 Å². The number of rotatable bonds is 5. The van der Waals surface area contributed by atoms with E-state index in [9.17, 15) is 9.59 Å². The van der Waals surface area contributed by atoms with Crippen molar-refractivity contribution in [3.8, 4) is 11.5 Å². The molecule has 2 amide bonds. The highest BCUT2D eigenvalue weighted by Gasteiger charge is 2.18. The lowest BCUT2D eigenvalue weighted by atomic mass is 9.99. The Balaban J connectivity index is 1.60. The van der Waals surface area contributed by atoms with Gasteiger partial charge in [0.1, 0.15) is 11.5 Å². The molecule has 0 saturated carbocycles. The highest BCUT2D eigenvalue weighted by Crippen LogP contribution is 2.29. The zero-order valence-corrected chi connectivity index (χ0v) is 17.0. The fourth-order valence-corrected chi connectivity index (χ4v) is 3.30. The Morgan fingerprint density at radius 1 is 0.931 bits per heavy atom. The van der Waals surface area contributed by atoms with Crippen molar-refractivity contribution in [3.05, 3.63) is 42.5 Å². The smallest absolute Gasteiger partial charge is 0.314 e. The first-order valence-electron chi connectivity index (χ1n) is 9.69. The van der Waals surface area contributed by atoms with Crippen molar-refractivity contribution in [2.75, 3.05) is 42.8 Å². The minimum absolute atomic E-state index is 0.363. The summed E-state index contributed by atoms with van der Waals surface area (Å²) < 4.78 is 10.4. The normalized spacial score (nSPS) is 14.2. The minimum atomic E-state index is -0.786. The molecule has 1 aliphatic heterocycles. The van der Waals surface area contributed by atoms with Gasteiger partial charge in [-0.05, 0) is 55.2 Å². The second-order valence-electron chi connectivity index (χ2n) is 7.19. The summed E-state index contributed by atoms with van der Waals surface area (Å²) in [5, 5.41) is 5.18. The van der Waals surface area contributed by atoms with Gasteiger partial charge in [0.05, 0.1) is 19.9 Å². The topological polar surface area (TPSA) is 79.9 Å². The number of piperidine rings is 1. The van der Waals surface area contributed by atoms with E-state index >= 15 is 0 Å². The van der Waals surface area contributed by atoms with Crippen LogP contribution in [0.25, 0.3) is 0 Å². The van der Waals surface area contributed by atoms with Crippen LogP contribution in [0.4, 0.5) is 17.1 Å². The SMILES string of the molecule is COc1ccc(OC)c(NC(=O)C(=O)Nc2ccc(N3CCC(C)CC3)cc2)c1. The number of benzene rings is 2. The Hall–Kier alpha value is -3.22. The van der Waals surface area contributed by atoms with Crippen molar-refractivity contribution in [1.82, 2.24) is 0 Å². The lowest BCUT2D eigenvalue weighted by Gasteiger charge is -2.32. The Morgan fingerprint density at radius 2 is 1.59 bits per heavy atom. The number of hydrogen-bond donors (Lipinski definition) is 2. The number of anilines is 3. The number of carbonyl (C=O) groups excluding carboxylic acids is 2. The van der Waals surface area contributed by atoms with E-state index in [1.165, 1.54) is 27.1 Å². The van der Waals surface area contributed by atoms with Gasteiger partial charge in [-0.15, -0.1) is 0 Å². The van der Waals surface area contributed by atoms with Gasteiger partial charge in [0, 0.05) is 30.5 Å². The molecule has 2 aromatic carbocycles. The van der Waals surface area contributed by atoms with Gasteiger partial charge in [-0.3, -0.25) is 9.59 Å². The van der Waals surface area contributed by atoms with Crippen molar-refractivity contribution in [2.45, 2.75) is 19.8 Å². The number of carbonyl (C=O) groups is 2. The Labute approximate surface area is 171 Å². The van der Waals surface area contributed by atoms with Gasteiger partial charge in [0.15, 0.2) is 0 Å². The molecule has 0 bridgehead atoms. The third-order valence-corrected chi connectivity index (χ3v) is 5.14. The molecule has 1 heterocycles. The quantitative estimate of drug-likeness (QED) is 0.755. The maximum absolute atomic E-state index is 12.3. The summed E-state index contributed by atoms with van der Waals surface area (Å²) in [6, 6.07) is 12.5. The molecule has 2 aromatic rings. The first-order valence-corrected chi connectivity index (χ1v) is 9.69. The number of ether oxygens (including phenoxy) is 2. The Bertz CT molecular complexity index is 859. The third kappa shape index (κ3) is 5.19. The molecule has 1 saturated heterocycles. The predicted molar refractivity (Wildman–Crippen MR) is 114 cm³/mol. The standard InChI is InChI=1S/C22H27N3O4/c1-15-10-12-25(13-11-15)17-6-4-16(5-7-17)23-21(26)22(27)24-19-14-18(28-2)8-9-20(19)29-3/h4-9,14-15H,10-13H2,1-3H3,(H,23,26)(H,24,27). The molecule has 3 rings (SSSR count). The van der Waals surface area contributed by atoms with E-state index in [4.69, 9.17) is 9.47 Å². The van der Waals surface area contributed by atoms with Crippen molar-refractivity contribution < 1.29 is 19.1 Å². The van der Waals surface area contributed by atoms with Crippen LogP contribution in [0.1, 0.15) is 19.8 Å². The summed E-state index contributed by atoms with van der Waals surface area (Å²) >= 11 is 0. The summed E-state index contributed by atoms with van der Waals surface area (Å²) in [6.07, 6.45) is 2.37. The first kappa shape index (κ1) is 20.5. The van der Waals surface area contributed by atoms with Crippen LogP contribution in [-0.4, -0.2) is 39.1 Å². The highest BCUT2D eigenvalue weighted by molar-refractivity contribution is 6.43. The van der Waals surface area contributed by atoms with Crippen LogP contribution >= 0.6 is 0 Å².